The monoisotopic (exact) mass is 411 g/mol. The molecular formula is C24H33N3O3. The SMILES string of the molecule is Cc1ccc(C2=CC(NCC(=O)NCC3(CO)CC3)CC(COCC3CC3)=N2)cc1. The van der Waals surface area contributed by atoms with Gasteiger partial charge in [-0.05, 0) is 50.2 Å². The summed E-state index contributed by atoms with van der Waals surface area (Å²) in [6.45, 7) is 4.39. The molecule has 2 fully saturated rings. The lowest BCUT2D eigenvalue weighted by molar-refractivity contribution is -0.120. The number of hydrogen-bond donors (Lipinski definition) is 3. The highest BCUT2D eigenvalue weighted by molar-refractivity contribution is 5.93. The summed E-state index contributed by atoms with van der Waals surface area (Å²) in [5.74, 6) is 0.696. The molecule has 1 amide bonds. The number of nitrogens with one attached hydrogen (secondary N) is 2. The number of nitrogens with zero attached hydrogens (tertiary/aromatic N) is 1. The van der Waals surface area contributed by atoms with Gasteiger partial charge in [0.1, 0.15) is 0 Å². The van der Waals surface area contributed by atoms with Crippen molar-refractivity contribution < 1.29 is 14.6 Å². The maximum Gasteiger partial charge on any atom is 0.233 e. The Kier molecular flexibility index (Phi) is 6.66. The van der Waals surface area contributed by atoms with Gasteiger partial charge in [-0.2, -0.15) is 0 Å². The van der Waals surface area contributed by atoms with Crippen LogP contribution in [0.15, 0.2) is 35.3 Å². The van der Waals surface area contributed by atoms with Crippen LogP contribution in [0.4, 0.5) is 0 Å². The molecule has 0 radical (unpaired) electrons. The first kappa shape index (κ1) is 21.2. The summed E-state index contributed by atoms with van der Waals surface area (Å²) in [7, 11) is 0. The predicted molar refractivity (Wildman–Crippen MR) is 118 cm³/mol. The molecule has 4 rings (SSSR count). The molecule has 162 valence electrons. The van der Waals surface area contributed by atoms with E-state index < -0.39 is 0 Å². The van der Waals surface area contributed by atoms with E-state index in [1.165, 1.54) is 18.4 Å². The van der Waals surface area contributed by atoms with Gasteiger partial charge in [0.25, 0.3) is 0 Å². The summed E-state index contributed by atoms with van der Waals surface area (Å²) in [4.78, 5) is 17.1. The number of rotatable bonds is 11. The highest BCUT2D eigenvalue weighted by Crippen LogP contribution is 2.44. The molecule has 3 aliphatic rings. The van der Waals surface area contributed by atoms with Crippen LogP contribution in [0.2, 0.25) is 0 Å². The summed E-state index contributed by atoms with van der Waals surface area (Å²) in [5, 5.41) is 15.7. The summed E-state index contributed by atoms with van der Waals surface area (Å²) < 4.78 is 5.88. The minimum absolute atomic E-state index is 0.0333. The number of carbonyl (C=O) groups is 1. The number of hydrogen-bond acceptors (Lipinski definition) is 5. The van der Waals surface area contributed by atoms with Crippen molar-refractivity contribution in [2.75, 3.05) is 32.9 Å². The average Bonchev–Trinajstić information content (AvgIpc) is 3.67. The van der Waals surface area contributed by atoms with E-state index >= 15 is 0 Å². The van der Waals surface area contributed by atoms with Gasteiger partial charge in [-0.3, -0.25) is 9.79 Å². The number of aliphatic imine (C=N–C) groups is 1. The largest absolute Gasteiger partial charge is 0.396 e. The molecule has 0 saturated heterocycles. The van der Waals surface area contributed by atoms with Gasteiger partial charge in [-0.15, -0.1) is 0 Å². The molecule has 0 aromatic heterocycles. The van der Waals surface area contributed by atoms with E-state index in [0.717, 1.165) is 48.8 Å². The van der Waals surface area contributed by atoms with Gasteiger partial charge < -0.3 is 20.5 Å². The third kappa shape index (κ3) is 6.00. The van der Waals surface area contributed by atoms with E-state index in [4.69, 9.17) is 9.73 Å². The van der Waals surface area contributed by atoms with Gasteiger partial charge in [0.15, 0.2) is 0 Å². The number of carbonyl (C=O) groups excluding carboxylic acids is 1. The molecule has 6 heteroatoms. The van der Waals surface area contributed by atoms with Crippen LogP contribution in [-0.2, 0) is 9.53 Å². The van der Waals surface area contributed by atoms with Gasteiger partial charge in [-0.25, -0.2) is 0 Å². The highest BCUT2D eigenvalue weighted by Gasteiger charge is 2.42. The molecule has 1 aliphatic heterocycles. The number of ether oxygens (including phenoxy) is 1. The second kappa shape index (κ2) is 9.41. The second-order valence-corrected chi connectivity index (χ2v) is 9.18. The van der Waals surface area contributed by atoms with Crippen LogP contribution in [0.1, 0.15) is 43.2 Å². The first-order chi connectivity index (χ1) is 14.5. The fraction of sp³-hybridized carbons (Fsp3) is 0.583. The number of amides is 1. The highest BCUT2D eigenvalue weighted by atomic mass is 16.5. The Labute approximate surface area is 178 Å². The van der Waals surface area contributed by atoms with Crippen molar-refractivity contribution in [3.8, 4) is 0 Å². The summed E-state index contributed by atoms with van der Waals surface area (Å²) in [6.07, 6.45) is 7.38. The van der Waals surface area contributed by atoms with Gasteiger partial charge in [0.2, 0.25) is 5.91 Å². The molecule has 1 aromatic carbocycles. The van der Waals surface area contributed by atoms with Crippen LogP contribution in [0, 0.1) is 18.3 Å². The van der Waals surface area contributed by atoms with E-state index in [9.17, 15) is 9.90 Å². The zero-order valence-electron chi connectivity index (χ0n) is 17.8. The zero-order chi connectivity index (χ0) is 21.0. The molecule has 6 nitrogen and oxygen atoms in total. The Balaban J connectivity index is 1.34. The number of aryl methyl sites for hydroxylation is 1. The molecule has 1 heterocycles. The molecular weight excluding hydrogens is 378 g/mol. The van der Waals surface area contributed by atoms with E-state index in [2.05, 4.69) is 47.9 Å². The predicted octanol–water partition coefficient (Wildman–Crippen LogP) is 2.45. The minimum Gasteiger partial charge on any atom is -0.396 e. The summed E-state index contributed by atoms with van der Waals surface area (Å²) in [5.41, 5.74) is 4.17. The lowest BCUT2D eigenvalue weighted by atomic mass is 10.0. The lowest BCUT2D eigenvalue weighted by Crippen LogP contribution is -2.42. The molecule has 0 spiro atoms. The minimum atomic E-state index is -0.0717. The Morgan fingerprint density at radius 1 is 1.27 bits per heavy atom. The molecule has 3 N–H and O–H groups in total. The number of aliphatic hydroxyl groups is 1. The third-order valence-electron chi connectivity index (χ3n) is 6.24. The average molecular weight is 412 g/mol. The van der Waals surface area contributed by atoms with Crippen molar-refractivity contribution in [3.63, 3.8) is 0 Å². The quantitative estimate of drug-likeness (QED) is 0.522. The molecule has 1 atom stereocenters. The Bertz CT molecular complexity index is 807. The van der Waals surface area contributed by atoms with E-state index in [0.29, 0.717) is 13.2 Å². The van der Waals surface area contributed by atoms with Gasteiger partial charge in [-0.1, -0.05) is 29.8 Å². The molecule has 0 bridgehead atoms. The lowest BCUT2D eigenvalue weighted by Gasteiger charge is -2.23. The smallest absolute Gasteiger partial charge is 0.233 e. The summed E-state index contributed by atoms with van der Waals surface area (Å²) >= 11 is 0. The molecule has 2 aliphatic carbocycles. The van der Waals surface area contributed by atoms with Crippen LogP contribution in [0.25, 0.3) is 5.70 Å². The first-order valence-corrected chi connectivity index (χ1v) is 11.1. The van der Waals surface area contributed by atoms with Crippen molar-refractivity contribution in [2.24, 2.45) is 16.3 Å². The Hall–Kier alpha value is -2.02. The third-order valence-corrected chi connectivity index (χ3v) is 6.24. The van der Waals surface area contributed by atoms with E-state index in [1.54, 1.807) is 0 Å². The Morgan fingerprint density at radius 2 is 2.03 bits per heavy atom. The van der Waals surface area contributed by atoms with Crippen molar-refractivity contribution in [2.45, 2.75) is 45.1 Å². The fourth-order valence-electron chi connectivity index (χ4n) is 3.63. The van der Waals surface area contributed by atoms with Crippen molar-refractivity contribution >= 4 is 17.3 Å². The van der Waals surface area contributed by atoms with Gasteiger partial charge >= 0.3 is 0 Å². The van der Waals surface area contributed by atoms with Crippen LogP contribution in [0.3, 0.4) is 0 Å². The van der Waals surface area contributed by atoms with Crippen LogP contribution in [-0.4, -0.2) is 55.7 Å². The van der Waals surface area contributed by atoms with E-state index in [1.807, 2.05) is 0 Å². The fourth-order valence-corrected chi connectivity index (χ4v) is 3.63. The first-order valence-electron chi connectivity index (χ1n) is 11.1. The Morgan fingerprint density at radius 3 is 2.70 bits per heavy atom. The molecule has 1 unspecified atom stereocenters. The van der Waals surface area contributed by atoms with Crippen molar-refractivity contribution in [3.05, 3.63) is 41.5 Å². The normalized spacial score (nSPS) is 22.3. The maximum absolute atomic E-state index is 12.3. The number of benzene rings is 1. The summed E-state index contributed by atoms with van der Waals surface area (Å²) in [6, 6.07) is 8.40. The second-order valence-electron chi connectivity index (χ2n) is 9.18. The van der Waals surface area contributed by atoms with Crippen molar-refractivity contribution in [1.29, 1.82) is 0 Å². The van der Waals surface area contributed by atoms with Gasteiger partial charge in [0.05, 0.1) is 25.5 Å². The van der Waals surface area contributed by atoms with Gasteiger partial charge in [0, 0.05) is 36.7 Å². The van der Waals surface area contributed by atoms with Crippen molar-refractivity contribution in [1.82, 2.24) is 10.6 Å². The molecule has 1 aromatic rings. The topological polar surface area (TPSA) is 83.0 Å². The van der Waals surface area contributed by atoms with Crippen LogP contribution in [0.5, 0.6) is 0 Å². The number of aliphatic hydroxyl groups excluding tert-OH is 1. The standard InChI is InChI=1S/C24H33N3O3/c1-17-2-6-19(7-3-17)22-11-20(10-21(27-22)14-30-13-18-4-5-18)25-12-23(29)26-15-24(16-28)8-9-24/h2-3,6-7,11,18,20,25,28H,4-5,8-10,12-16H2,1H3,(H,26,29). The zero-order valence-corrected chi connectivity index (χ0v) is 17.8. The van der Waals surface area contributed by atoms with Crippen LogP contribution < -0.4 is 10.6 Å². The maximum atomic E-state index is 12.3. The molecule has 2 saturated carbocycles. The molecule has 30 heavy (non-hydrogen) atoms. The van der Waals surface area contributed by atoms with Crippen LogP contribution >= 0.6 is 0 Å². The van der Waals surface area contributed by atoms with E-state index in [-0.39, 0.29) is 30.5 Å².